The molecule has 1 aromatic carbocycles. The third kappa shape index (κ3) is 6.41. The molecule has 0 saturated carbocycles. The third-order valence-electron chi connectivity index (χ3n) is 6.79. The Hall–Kier alpha value is -3.59. The van der Waals surface area contributed by atoms with Gasteiger partial charge in [0.1, 0.15) is 5.65 Å². The van der Waals surface area contributed by atoms with E-state index in [0.29, 0.717) is 35.2 Å². The van der Waals surface area contributed by atoms with E-state index in [1.807, 2.05) is 44.3 Å². The summed E-state index contributed by atoms with van der Waals surface area (Å²) in [4.78, 5) is 28.1. The Bertz CT molecular complexity index is 1670. The molecular formula is C31H33ClN6OS. The molecule has 0 aliphatic carbocycles. The summed E-state index contributed by atoms with van der Waals surface area (Å²) in [7, 11) is 0. The number of halogens is 1. The molecule has 0 unspecified atom stereocenters. The number of hydrogen-bond acceptors (Lipinski definition) is 7. The molecule has 4 heterocycles. The minimum Gasteiger partial charge on any atom is -0.324 e. The molecule has 0 amide bonds. The highest BCUT2D eigenvalue weighted by atomic mass is 35.5. The second-order valence-electron chi connectivity index (χ2n) is 9.66. The largest absolute Gasteiger partial charge is 0.324 e. The molecule has 2 N–H and O–H groups in total. The van der Waals surface area contributed by atoms with E-state index in [9.17, 15) is 4.79 Å². The maximum absolute atomic E-state index is 13.5. The maximum Gasteiger partial charge on any atom is 0.255 e. The van der Waals surface area contributed by atoms with Crippen molar-refractivity contribution in [2.24, 2.45) is 0 Å². The number of hydrogen-bond donors (Lipinski definition) is 2. The van der Waals surface area contributed by atoms with Gasteiger partial charge in [-0.05, 0) is 74.2 Å². The van der Waals surface area contributed by atoms with Crippen LogP contribution in [0.5, 0.6) is 0 Å². The lowest BCUT2D eigenvalue weighted by Crippen LogP contribution is -2.24. The molecule has 7 nitrogen and oxygen atoms in total. The first kappa shape index (κ1) is 28.0. The molecule has 0 radical (unpaired) electrons. The van der Waals surface area contributed by atoms with Crippen molar-refractivity contribution in [2.45, 2.75) is 46.6 Å². The van der Waals surface area contributed by atoms with Crippen LogP contribution in [0.2, 0.25) is 0 Å². The Morgan fingerprint density at radius 2 is 2.02 bits per heavy atom. The first-order chi connectivity index (χ1) is 19.4. The Morgan fingerprint density at radius 3 is 2.70 bits per heavy atom. The minimum atomic E-state index is -0.0968. The summed E-state index contributed by atoms with van der Waals surface area (Å²) in [6.07, 6.45) is 12.2. The van der Waals surface area contributed by atoms with Gasteiger partial charge in [-0.15, -0.1) is 11.3 Å². The molecule has 9 heteroatoms. The Labute approximate surface area is 243 Å². The molecule has 40 heavy (non-hydrogen) atoms. The molecule has 0 atom stereocenters. The van der Waals surface area contributed by atoms with Gasteiger partial charge in [0.15, 0.2) is 0 Å². The quantitative estimate of drug-likeness (QED) is 0.213. The standard InChI is InChI=1S/C31H33ClN6OS/c1-4-6-23(28-19-34-20(3)40-28)16-26(32)17-24-15-25-18-35-31(37-29(25)38(5-2)30(24)39)36-27-9-7-21(8-10-27)22-11-13-33-14-12-22/h6-11,15-16,18-19,33H,4-5,12-14,17H2,1-3H3,(H,35,36,37)/b23-6+,26-16+. The normalized spacial score (nSPS) is 14.4. The molecule has 206 valence electrons. The molecule has 4 aromatic rings. The average molecular weight is 573 g/mol. The van der Waals surface area contributed by atoms with Crippen molar-refractivity contribution in [1.82, 2.24) is 24.8 Å². The van der Waals surface area contributed by atoms with E-state index in [4.69, 9.17) is 16.6 Å². The molecule has 1 aliphatic heterocycles. The number of aryl methyl sites for hydroxylation is 2. The number of anilines is 2. The first-order valence-electron chi connectivity index (χ1n) is 13.6. The van der Waals surface area contributed by atoms with Gasteiger partial charge in [-0.2, -0.15) is 4.98 Å². The van der Waals surface area contributed by atoms with Crippen molar-refractivity contribution in [1.29, 1.82) is 0 Å². The van der Waals surface area contributed by atoms with Crippen molar-refractivity contribution in [2.75, 3.05) is 18.4 Å². The van der Waals surface area contributed by atoms with Crippen molar-refractivity contribution in [3.8, 4) is 0 Å². The predicted octanol–water partition coefficient (Wildman–Crippen LogP) is 6.86. The number of rotatable bonds is 9. The van der Waals surface area contributed by atoms with Gasteiger partial charge in [0.05, 0.1) is 9.88 Å². The van der Waals surface area contributed by atoms with Crippen LogP contribution < -0.4 is 16.2 Å². The smallest absolute Gasteiger partial charge is 0.255 e. The maximum atomic E-state index is 13.5. The van der Waals surface area contributed by atoms with Crippen LogP contribution in [0.1, 0.15) is 47.7 Å². The summed E-state index contributed by atoms with van der Waals surface area (Å²) in [5, 5.41) is 9.02. The topological polar surface area (TPSA) is 84.7 Å². The van der Waals surface area contributed by atoms with E-state index in [1.165, 1.54) is 11.1 Å². The van der Waals surface area contributed by atoms with Crippen LogP contribution in [-0.2, 0) is 13.0 Å². The van der Waals surface area contributed by atoms with E-state index in [0.717, 1.165) is 52.5 Å². The third-order valence-corrected chi connectivity index (χ3v) is 8.00. The van der Waals surface area contributed by atoms with Crippen LogP contribution in [0.15, 0.2) is 70.8 Å². The zero-order chi connectivity index (χ0) is 28.1. The summed E-state index contributed by atoms with van der Waals surface area (Å²) in [6.45, 7) is 8.42. The number of allylic oxidation sites excluding steroid dienone is 4. The second-order valence-corrected chi connectivity index (χ2v) is 11.4. The predicted molar refractivity (Wildman–Crippen MR) is 167 cm³/mol. The summed E-state index contributed by atoms with van der Waals surface area (Å²) in [6, 6.07) is 10.1. The number of pyridine rings is 1. The van der Waals surface area contributed by atoms with E-state index < -0.39 is 0 Å². The molecular weight excluding hydrogens is 540 g/mol. The van der Waals surface area contributed by atoms with Gasteiger partial charge >= 0.3 is 0 Å². The lowest BCUT2D eigenvalue weighted by Gasteiger charge is -2.15. The number of benzene rings is 1. The zero-order valence-corrected chi connectivity index (χ0v) is 24.6. The van der Waals surface area contributed by atoms with Gasteiger partial charge in [-0.25, -0.2) is 9.97 Å². The van der Waals surface area contributed by atoms with Gasteiger partial charge in [0.25, 0.3) is 5.56 Å². The van der Waals surface area contributed by atoms with Gasteiger partial charge in [0, 0.05) is 53.6 Å². The van der Waals surface area contributed by atoms with Gasteiger partial charge in [0.2, 0.25) is 5.95 Å². The van der Waals surface area contributed by atoms with Crippen molar-refractivity contribution >= 4 is 56.8 Å². The van der Waals surface area contributed by atoms with E-state index >= 15 is 0 Å². The fourth-order valence-corrected chi connectivity index (χ4v) is 5.88. The van der Waals surface area contributed by atoms with Crippen LogP contribution in [0.25, 0.3) is 22.2 Å². The molecule has 0 fully saturated rings. The number of thiazole rings is 1. The minimum absolute atomic E-state index is 0.0968. The monoisotopic (exact) mass is 572 g/mol. The fraction of sp³-hybridized carbons (Fsp3) is 0.290. The van der Waals surface area contributed by atoms with E-state index in [1.54, 1.807) is 22.1 Å². The lowest BCUT2D eigenvalue weighted by atomic mass is 10.0. The fourth-order valence-electron chi connectivity index (χ4n) is 4.83. The average Bonchev–Trinajstić information content (AvgIpc) is 3.40. The summed E-state index contributed by atoms with van der Waals surface area (Å²) >= 11 is 8.33. The first-order valence-corrected chi connectivity index (χ1v) is 14.8. The molecule has 3 aromatic heterocycles. The molecule has 0 saturated heterocycles. The Kier molecular flexibility index (Phi) is 8.89. The van der Waals surface area contributed by atoms with E-state index in [-0.39, 0.29) is 5.56 Å². The molecule has 0 spiro atoms. The van der Waals surface area contributed by atoms with Gasteiger partial charge in [-0.1, -0.05) is 42.8 Å². The Balaban J connectivity index is 1.39. The Morgan fingerprint density at radius 1 is 1.20 bits per heavy atom. The van der Waals surface area contributed by atoms with Gasteiger partial charge in [-0.3, -0.25) is 9.36 Å². The molecule has 0 bridgehead atoms. The van der Waals surface area contributed by atoms with E-state index in [2.05, 4.69) is 51.8 Å². The van der Waals surface area contributed by atoms with Crippen LogP contribution in [0, 0.1) is 6.92 Å². The summed E-state index contributed by atoms with van der Waals surface area (Å²) < 4.78 is 1.68. The molecule has 1 aliphatic rings. The summed E-state index contributed by atoms with van der Waals surface area (Å²) in [5.74, 6) is 0.447. The lowest BCUT2D eigenvalue weighted by molar-refractivity contribution is 0.738. The number of fused-ring (bicyclic) bond motifs is 1. The van der Waals surface area contributed by atoms with Crippen molar-refractivity contribution in [3.05, 3.63) is 97.4 Å². The second kappa shape index (κ2) is 12.7. The van der Waals surface area contributed by atoms with Crippen LogP contribution in [-0.4, -0.2) is 32.6 Å². The van der Waals surface area contributed by atoms with Crippen LogP contribution in [0.4, 0.5) is 11.6 Å². The SMILES string of the molecule is CC/C=C(\C=C(\Cl)Cc1cc2cnc(Nc3ccc(C4=CCNCC4)cc3)nc2n(CC)c1=O)c1cnc(C)s1. The number of nitrogens with zero attached hydrogens (tertiary/aromatic N) is 4. The van der Waals surface area contributed by atoms with Crippen LogP contribution in [0.3, 0.4) is 0 Å². The molecule has 5 rings (SSSR count). The highest BCUT2D eigenvalue weighted by molar-refractivity contribution is 7.12. The van der Waals surface area contributed by atoms with Crippen molar-refractivity contribution in [3.63, 3.8) is 0 Å². The number of aromatic nitrogens is 4. The zero-order valence-electron chi connectivity index (χ0n) is 23.0. The summed E-state index contributed by atoms with van der Waals surface area (Å²) in [5.41, 5.74) is 5.61. The highest BCUT2D eigenvalue weighted by Gasteiger charge is 2.14. The highest BCUT2D eigenvalue weighted by Crippen LogP contribution is 2.27. The van der Waals surface area contributed by atoms with Crippen molar-refractivity contribution < 1.29 is 0 Å². The van der Waals surface area contributed by atoms with Gasteiger partial charge < -0.3 is 10.6 Å². The van der Waals surface area contributed by atoms with Crippen LogP contribution >= 0.6 is 22.9 Å². The number of nitrogens with one attached hydrogen (secondary N) is 2.